The van der Waals surface area contributed by atoms with Crippen LogP contribution in [0.2, 0.25) is 0 Å². The highest BCUT2D eigenvalue weighted by atomic mass is 16.3. The molecular weight excluding hydrogens is 278 g/mol. The highest BCUT2D eigenvalue weighted by Gasteiger charge is 2.21. The molecule has 1 unspecified atom stereocenters. The van der Waals surface area contributed by atoms with Crippen LogP contribution < -0.4 is 10.9 Å². The number of piperazine rings is 1. The van der Waals surface area contributed by atoms with Gasteiger partial charge in [0.25, 0.3) is 5.56 Å². The van der Waals surface area contributed by atoms with Crippen LogP contribution in [0.1, 0.15) is 24.1 Å². The number of aromatic amines is 1. The van der Waals surface area contributed by atoms with E-state index >= 15 is 0 Å². The maximum Gasteiger partial charge on any atom is 0.251 e. The van der Waals surface area contributed by atoms with Gasteiger partial charge in [0.2, 0.25) is 0 Å². The van der Waals surface area contributed by atoms with Crippen molar-refractivity contribution in [2.75, 3.05) is 32.8 Å². The Morgan fingerprint density at radius 1 is 1.27 bits per heavy atom. The third kappa shape index (κ3) is 2.92. The van der Waals surface area contributed by atoms with Gasteiger partial charge in [-0.3, -0.25) is 9.69 Å². The van der Waals surface area contributed by atoms with Crippen LogP contribution in [0.15, 0.2) is 29.1 Å². The number of pyridine rings is 1. The second kappa shape index (κ2) is 6.60. The van der Waals surface area contributed by atoms with Gasteiger partial charge in [-0.25, -0.2) is 0 Å². The Labute approximate surface area is 130 Å². The summed E-state index contributed by atoms with van der Waals surface area (Å²) in [6.07, 6.45) is 0.729. The summed E-state index contributed by atoms with van der Waals surface area (Å²) in [6, 6.07) is 8.03. The maximum absolute atomic E-state index is 12.0. The molecule has 0 bridgehead atoms. The fraction of sp³-hybridized carbons (Fsp3) is 0.471. The molecule has 22 heavy (non-hydrogen) atoms. The molecule has 1 aromatic carbocycles. The van der Waals surface area contributed by atoms with E-state index in [1.54, 1.807) is 0 Å². The summed E-state index contributed by atoms with van der Waals surface area (Å²) in [6.45, 7) is 5.81. The number of aryl methyl sites for hydroxylation is 1. The van der Waals surface area contributed by atoms with Gasteiger partial charge in [0.1, 0.15) is 0 Å². The molecule has 118 valence electrons. The van der Waals surface area contributed by atoms with Crippen LogP contribution in [0.5, 0.6) is 0 Å². The lowest BCUT2D eigenvalue weighted by molar-refractivity contribution is 0.111. The molecular formula is C17H23N3O2. The second-order valence-electron chi connectivity index (χ2n) is 5.81. The summed E-state index contributed by atoms with van der Waals surface area (Å²) < 4.78 is 0. The van der Waals surface area contributed by atoms with Gasteiger partial charge in [0.05, 0.1) is 12.6 Å². The van der Waals surface area contributed by atoms with E-state index < -0.39 is 0 Å². The number of nitrogens with zero attached hydrogens (tertiary/aromatic N) is 1. The Balaban J connectivity index is 1.97. The fourth-order valence-corrected chi connectivity index (χ4v) is 3.16. The topological polar surface area (TPSA) is 68.4 Å². The number of hydrogen-bond donors (Lipinski definition) is 3. The normalized spacial score (nSPS) is 17.7. The summed E-state index contributed by atoms with van der Waals surface area (Å²) in [5, 5.41) is 14.2. The van der Waals surface area contributed by atoms with Gasteiger partial charge < -0.3 is 15.4 Å². The molecule has 0 saturated carbocycles. The first-order valence-corrected chi connectivity index (χ1v) is 7.94. The second-order valence-corrected chi connectivity index (χ2v) is 5.81. The van der Waals surface area contributed by atoms with E-state index in [1.807, 2.05) is 25.1 Å². The predicted octanol–water partition coefficient (Wildman–Crippen LogP) is 1.03. The number of fused-ring (bicyclic) bond motifs is 1. The van der Waals surface area contributed by atoms with Crippen molar-refractivity contribution >= 4 is 10.9 Å². The molecule has 2 aromatic rings. The number of aliphatic hydroxyl groups excluding tert-OH is 1. The number of hydrogen-bond acceptors (Lipinski definition) is 4. The van der Waals surface area contributed by atoms with E-state index in [-0.39, 0.29) is 18.2 Å². The van der Waals surface area contributed by atoms with Crippen LogP contribution in [-0.2, 0) is 6.42 Å². The monoisotopic (exact) mass is 301 g/mol. The molecule has 0 amide bonds. The van der Waals surface area contributed by atoms with Crippen LogP contribution in [0.25, 0.3) is 10.9 Å². The summed E-state index contributed by atoms with van der Waals surface area (Å²) in [7, 11) is 0. The van der Waals surface area contributed by atoms with Gasteiger partial charge in [-0.05, 0) is 29.5 Å². The summed E-state index contributed by atoms with van der Waals surface area (Å²) >= 11 is 0. The molecule has 5 nitrogen and oxygen atoms in total. The summed E-state index contributed by atoms with van der Waals surface area (Å²) in [5.74, 6) is 0. The molecule has 0 spiro atoms. The number of H-pyrrole nitrogens is 1. The van der Waals surface area contributed by atoms with Crippen molar-refractivity contribution in [1.29, 1.82) is 0 Å². The minimum atomic E-state index is -0.0186. The molecule has 1 aromatic heterocycles. The molecule has 0 aliphatic carbocycles. The number of rotatable bonds is 4. The first-order chi connectivity index (χ1) is 10.7. The molecule has 1 aliphatic rings. The predicted molar refractivity (Wildman–Crippen MR) is 88.2 cm³/mol. The minimum Gasteiger partial charge on any atom is -0.394 e. The smallest absolute Gasteiger partial charge is 0.251 e. The molecule has 3 rings (SSSR count). The lowest BCUT2D eigenvalue weighted by Gasteiger charge is -2.34. The van der Waals surface area contributed by atoms with Crippen LogP contribution >= 0.6 is 0 Å². The first-order valence-electron chi connectivity index (χ1n) is 7.94. The molecule has 5 heteroatoms. The van der Waals surface area contributed by atoms with Crippen LogP contribution in [0.4, 0.5) is 0 Å². The van der Waals surface area contributed by atoms with Crippen LogP contribution in [0.3, 0.4) is 0 Å². The van der Waals surface area contributed by atoms with Gasteiger partial charge in [0, 0.05) is 37.3 Å². The van der Waals surface area contributed by atoms with E-state index in [0.717, 1.165) is 54.6 Å². The van der Waals surface area contributed by atoms with Crippen molar-refractivity contribution in [1.82, 2.24) is 15.2 Å². The average molecular weight is 301 g/mol. The number of aromatic nitrogens is 1. The van der Waals surface area contributed by atoms with Gasteiger partial charge in [-0.15, -0.1) is 0 Å². The van der Waals surface area contributed by atoms with Gasteiger partial charge >= 0.3 is 0 Å². The zero-order valence-corrected chi connectivity index (χ0v) is 12.9. The first kappa shape index (κ1) is 15.2. The SMILES string of the molecule is CCc1cc2ccc(C(CO)N3CCNCC3)cc2[nH]c1=O. The number of aliphatic hydroxyl groups is 1. The van der Waals surface area contributed by atoms with Gasteiger partial charge in [-0.2, -0.15) is 0 Å². The Kier molecular flexibility index (Phi) is 4.57. The Bertz CT molecular complexity index is 705. The maximum atomic E-state index is 12.0. The van der Waals surface area contributed by atoms with E-state index in [0.29, 0.717) is 0 Å². The summed E-state index contributed by atoms with van der Waals surface area (Å²) in [4.78, 5) is 17.2. The molecule has 1 aliphatic heterocycles. The Morgan fingerprint density at radius 3 is 2.73 bits per heavy atom. The molecule has 1 atom stereocenters. The highest BCUT2D eigenvalue weighted by molar-refractivity contribution is 5.79. The standard InChI is InChI=1S/C17H23N3O2/c1-2-12-9-13-3-4-14(10-15(13)19-17(12)22)16(11-21)20-7-5-18-6-8-20/h3-4,9-10,16,18,21H,2,5-8,11H2,1H3,(H,19,22). The fourth-order valence-electron chi connectivity index (χ4n) is 3.16. The lowest BCUT2D eigenvalue weighted by atomic mass is 10.0. The van der Waals surface area contributed by atoms with Crippen molar-refractivity contribution < 1.29 is 5.11 Å². The van der Waals surface area contributed by atoms with Crippen molar-refractivity contribution in [3.05, 3.63) is 45.7 Å². The Morgan fingerprint density at radius 2 is 2.05 bits per heavy atom. The zero-order valence-electron chi connectivity index (χ0n) is 12.9. The third-order valence-electron chi connectivity index (χ3n) is 4.48. The minimum absolute atomic E-state index is 0.0131. The third-order valence-corrected chi connectivity index (χ3v) is 4.48. The highest BCUT2D eigenvalue weighted by Crippen LogP contribution is 2.24. The van der Waals surface area contributed by atoms with Crippen LogP contribution in [-0.4, -0.2) is 47.8 Å². The van der Waals surface area contributed by atoms with E-state index in [9.17, 15) is 9.90 Å². The van der Waals surface area contributed by atoms with Gasteiger partial charge in [-0.1, -0.05) is 19.1 Å². The van der Waals surface area contributed by atoms with E-state index in [4.69, 9.17) is 0 Å². The average Bonchev–Trinajstić information content (AvgIpc) is 2.56. The van der Waals surface area contributed by atoms with E-state index in [2.05, 4.69) is 21.3 Å². The van der Waals surface area contributed by atoms with Crippen molar-refractivity contribution in [3.63, 3.8) is 0 Å². The van der Waals surface area contributed by atoms with Crippen molar-refractivity contribution in [2.24, 2.45) is 0 Å². The number of benzene rings is 1. The molecule has 3 N–H and O–H groups in total. The molecule has 0 radical (unpaired) electrons. The van der Waals surface area contributed by atoms with Gasteiger partial charge in [0.15, 0.2) is 0 Å². The Hall–Kier alpha value is -1.69. The molecule has 2 heterocycles. The lowest BCUT2D eigenvalue weighted by Crippen LogP contribution is -2.46. The largest absolute Gasteiger partial charge is 0.394 e. The number of nitrogens with one attached hydrogen (secondary N) is 2. The molecule has 1 saturated heterocycles. The van der Waals surface area contributed by atoms with Crippen LogP contribution in [0, 0.1) is 0 Å². The molecule has 1 fully saturated rings. The summed E-state index contributed by atoms with van der Waals surface area (Å²) in [5.41, 5.74) is 2.68. The van der Waals surface area contributed by atoms with Crippen molar-refractivity contribution in [3.8, 4) is 0 Å². The van der Waals surface area contributed by atoms with E-state index in [1.165, 1.54) is 0 Å². The quantitative estimate of drug-likeness (QED) is 0.789. The van der Waals surface area contributed by atoms with Crippen molar-refractivity contribution in [2.45, 2.75) is 19.4 Å². The zero-order chi connectivity index (χ0) is 15.5.